The molecule has 1 rings (SSSR count). The van der Waals surface area contributed by atoms with E-state index in [-0.39, 0.29) is 0 Å². The van der Waals surface area contributed by atoms with E-state index in [1.165, 1.54) is 64.2 Å². The van der Waals surface area contributed by atoms with Gasteiger partial charge in [0.25, 0.3) is 0 Å². The summed E-state index contributed by atoms with van der Waals surface area (Å²) in [7, 11) is 0. The lowest BCUT2D eigenvalue weighted by Gasteiger charge is -2.02. The number of carboxylic acid groups (broad SMARTS) is 1. The lowest BCUT2D eigenvalue weighted by molar-refractivity contribution is -0.700. The van der Waals surface area contributed by atoms with E-state index in [9.17, 15) is 9.90 Å². The number of carbonyl (C=O) groups is 1. The van der Waals surface area contributed by atoms with Crippen molar-refractivity contribution in [1.29, 1.82) is 0 Å². The number of aromatic carboxylic acids is 1. The van der Waals surface area contributed by atoms with Gasteiger partial charge in [-0.05, 0) is 25.7 Å². The van der Waals surface area contributed by atoms with Gasteiger partial charge in [0.2, 0.25) is 6.33 Å². The smallest absolute Gasteiger partial charge is 0.244 e. The molecule has 0 aliphatic rings. The Kier molecular flexibility index (Phi) is 11.2. The van der Waals surface area contributed by atoms with Crippen molar-refractivity contribution < 1.29 is 14.5 Å². The Hall–Kier alpha value is -1.32. The molecule has 0 fully saturated rings. The van der Waals surface area contributed by atoms with E-state index in [4.69, 9.17) is 0 Å². The first-order valence-corrected chi connectivity index (χ1v) is 9.99. The molecule has 0 atom stereocenters. The normalized spacial score (nSPS) is 11.1. The molecular weight excluding hydrogens is 300 g/mol. The number of unbranched alkanes of at least 4 members (excludes halogenated alkanes) is 10. The van der Waals surface area contributed by atoms with Gasteiger partial charge in [-0.1, -0.05) is 65.2 Å². The van der Waals surface area contributed by atoms with Gasteiger partial charge in [0.15, 0.2) is 5.69 Å². The van der Waals surface area contributed by atoms with Gasteiger partial charge < -0.3 is 9.90 Å². The topological polar surface area (TPSA) is 48.9 Å². The van der Waals surface area contributed by atoms with Crippen LogP contribution in [-0.2, 0) is 13.1 Å². The molecule has 0 bridgehead atoms. The fourth-order valence-electron chi connectivity index (χ4n) is 3.11. The highest BCUT2D eigenvalue weighted by atomic mass is 16.4. The molecule has 138 valence electrons. The fraction of sp³-hybridized carbons (Fsp3) is 0.800. The highest BCUT2D eigenvalue weighted by molar-refractivity contribution is 5.81. The van der Waals surface area contributed by atoms with E-state index < -0.39 is 5.97 Å². The third-order valence-corrected chi connectivity index (χ3v) is 4.62. The average molecular weight is 337 g/mol. The second-order valence-electron chi connectivity index (χ2n) is 6.88. The van der Waals surface area contributed by atoms with Crippen LogP contribution in [0, 0.1) is 0 Å². The lowest BCUT2D eigenvalue weighted by atomic mass is 10.1. The molecule has 1 heterocycles. The summed E-state index contributed by atoms with van der Waals surface area (Å²) >= 11 is 0. The molecule has 0 aliphatic heterocycles. The van der Waals surface area contributed by atoms with E-state index in [0.29, 0.717) is 5.69 Å². The molecule has 4 heteroatoms. The van der Waals surface area contributed by atoms with Crippen LogP contribution in [0.4, 0.5) is 0 Å². The highest BCUT2D eigenvalue weighted by Gasteiger charge is 2.14. The summed E-state index contributed by atoms with van der Waals surface area (Å²) in [5.74, 6) is -1.07. The van der Waals surface area contributed by atoms with Crippen molar-refractivity contribution in [3.8, 4) is 0 Å². The van der Waals surface area contributed by atoms with Crippen LogP contribution in [0.15, 0.2) is 12.5 Å². The maximum absolute atomic E-state index is 11.3. The molecular formula is C20H36N2O2. The maximum Gasteiger partial charge on any atom is 0.244 e. The monoisotopic (exact) mass is 336 g/mol. The van der Waals surface area contributed by atoms with Crippen molar-refractivity contribution in [3.63, 3.8) is 0 Å². The molecule has 1 aromatic rings. The first-order chi connectivity index (χ1) is 11.7. The van der Waals surface area contributed by atoms with Gasteiger partial charge in [0.1, 0.15) is 12.2 Å². The van der Waals surface area contributed by atoms with Gasteiger partial charge in [-0.3, -0.25) is 0 Å². The number of rotatable bonds is 15. The van der Waals surface area contributed by atoms with E-state index in [2.05, 4.69) is 13.8 Å². The zero-order chi connectivity index (χ0) is 17.6. The van der Waals surface area contributed by atoms with Crippen molar-refractivity contribution in [2.24, 2.45) is 0 Å². The van der Waals surface area contributed by atoms with Crippen molar-refractivity contribution in [2.45, 2.75) is 104 Å². The Morgan fingerprint density at radius 2 is 1.46 bits per heavy atom. The number of hydrogen-bond acceptors (Lipinski definition) is 2. The van der Waals surface area contributed by atoms with Crippen LogP contribution < -0.4 is 9.67 Å². The lowest BCUT2D eigenvalue weighted by Crippen LogP contribution is -2.42. The van der Waals surface area contributed by atoms with E-state index in [0.717, 1.165) is 25.9 Å². The highest BCUT2D eigenvalue weighted by Crippen LogP contribution is 2.08. The number of aryl methyl sites for hydroxylation is 2. The minimum absolute atomic E-state index is 0.314. The largest absolute Gasteiger partial charge is 0.541 e. The molecule has 0 radical (unpaired) electrons. The molecule has 24 heavy (non-hydrogen) atoms. The first kappa shape index (κ1) is 20.7. The number of imidazole rings is 1. The molecule has 0 unspecified atom stereocenters. The molecule has 0 aliphatic carbocycles. The van der Waals surface area contributed by atoms with Crippen LogP contribution in [0.5, 0.6) is 0 Å². The molecule has 0 saturated heterocycles. The standard InChI is InChI=1S/C20H36N2O2/c1-3-5-7-9-11-13-15-21-17-19(20(23)24)22(18-21)16-14-12-10-8-6-4-2/h17-18H,3-16H2,1-2H3. The predicted molar refractivity (Wildman–Crippen MR) is 95.7 cm³/mol. The summed E-state index contributed by atoms with van der Waals surface area (Å²) < 4.78 is 3.87. The van der Waals surface area contributed by atoms with Crippen LogP contribution in [0.1, 0.15) is 101 Å². The molecule has 0 aromatic carbocycles. The van der Waals surface area contributed by atoms with Crippen LogP contribution in [0.3, 0.4) is 0 Å². The van der Waals surface area contributed by atoms with Crippen molar-refractivity contribution >= 4 is 5.97 Å². The van der Waals surface area contributed by atoms with Crippen LogP contribution >= 0.6 is 0 Å². The number of aromatic nitrogens is 2. The summed E-state index contributed by atoms with van der Waals surface area (Å²) in [6, 6.07) is 0. The van der Waals surface area contributed by atoms with Gasteiger partial charge in [-0.25, -0.2) is 9.13 Å². The van der Waals surface area contributed by atoms with Crippen molar-refractivity contribution in [1.82, 2.24) is 4.57 Å². The van der Waals surface area contributed by atoms with Gasteiger partial charge in [0.05, 0.1) is 13.1 Å². The minimum atomic E-state index is -1.07. The average Bonchev–Trinajstić information content (AvgIpc) is 2.97. The fourth-order valence-corrected chi connectivity index (χ4v) is 3.11. The summed E-state index contributed by atoms with van der Waals surface area (Å²) in [5.41, 5.74) is 0.314. The summed E-state index contributed by atoms with van der Waals surface area (Å²) in [5, 5.41) is 11.3. The SMILES string of the molecule is CCCCCCCCn1cc(C(=O)[O-])[n+](CCCCCCCC)c1. The Morgan fingerprint density at radius 3 is 2.04 bits per heavy atom. The Morgan fingerprint density at radius 1 is 0.917 bits per heavy atom. The number of carboxylic acids is 1. The van der Waals surface area contributed by atoms with Gasteiger partial charge in [-0.15, -0.1) is 0 Å². The third kappa shape index (κ3) is 8.51. The molecule has 0 saturated carbocycles. The summed E-state index contributed by atoms with van der Waals surface area (Å²) in [4.78, 5) is 11.3. The summed E-state index contributed by atoms with van der Waals surface area (Å²) in [6.45, 7) is 6.12. The van der Waals surface area contributed by atoms with Crippen LogP contribution in [-0.4, -0.2) is 10.5 Å². The Bertz CT molecular complexity index is 454. The number of hydrogen-bond donors (Lipinski definition) is 0. The number of carbonyl (C=O) groups excluding carboxylic acids is 1. The number of nitrogens with zero attached hydrogens (tertiary/aromatic N) is 2. The quantitative estimate of drug-likeness (QED) is 0.361. The van der Waals surface area contributed by atoms with Gasteiger partial charge >= 0.3 is 0 Å². The molecule has 1 aromatic heterocycles. The Labute approximate surface area is 147 Å². The summed E-state index contributed by atoms with van der Waals surface area (Å²) in [6.07, 6.45) is 18.5. The van der Waals surface area contributed by atoms with E-state index >= 15 is 0 Å². The first-order valence-electron chi connectivity index (χ1n) is 9.99. The van der Waals surface area contributed by atoms with Crippen LogP contribution in [0.2, 0.25) is 0 Å². The van der Waals surface area contributed by atoms with E-state index in [1.807, 2.05) is 15.5 Å². The molecule has 0 spiro atoms. The minimum Gasteiger partial charge on any atom is -0.541 e. The Balaban J connectivity index is 2.35. The van der Waals surface area contributed by atoms with Gasteiger partial charge in [0, 0.05) is 0 Å². The van der Waals surface area contributed by atoms with Crippen molar-refractivity contribution in [3.05, 3.63) is 18.2 Å². The second kappa shape index (κ2) is 13.0. The predicted octanol–water partition coefficient (Wildman–Crippen LogP) is 3.86. The second-order valence-corrected chi connectivity index (χ2v) is 6.88. The zero-order valence-electron chi connectivity index (χ0n) is 15.8. The zero-order valence-corrected chi connectivity index (χ0v) is 15.8. The van der Waals surface area contributed by atoms with Crippen LogP contribution in [0.25, 0.3) is 0 Å². The molecule has 0 N–H and O–H groups in total. The molecule has 0 amide bonds. The van der Waals surface area contributed by atoms with Gasteiger partial charge in [-0.2, -0.15) is 0 Å². The maximum atomic E-state index is 11.3. The van der Waals surface area contributed by atoms with E-state index in [1.54, 1.807) is 6.20 Å². The third-order valence-electron chi connectivity index (χ3n) is 4.62. The molecule has 4 nitrogen and oxygen atoms in total. The van der Waals surface area contributed by atoms with Crippen molar-refractivity contribution in [2.75, 3.05) is 0 Å².